The number of ether oxygens (including phenoxy) is 1. The van der Waals surface area contributed by atoms with Gasteiger partial charge in [0.15, 0.2) is 0 Å². The van der Waals surface area contributed by atoms with E-state index in [0.717, 1.165) is 30.8 Å². The number of benzene rings is 1. The summed E-state index contributed by atoms with van der Waals surface area (Å²) in [5.41, 5.74) is 2.99. The third-order valence-electron chi connectivity index (χ3n) is 4.40. The lowest BCUT2D eigenvalue weighted by Gasteiger charge is -2.32. The van der Waals surface area contributed by atoms with Crippen molar-refractivity contribution in [1.29, 1.82) is 0 Å². The van der Waals surface area contributed by atoms with Crippen LogP contribution in [0.25, 0.3) is 0 Å². The van der Waals surface area contributed by atoms with Crippen molar-refractivity contribution in [3.63, 3.8) is 0 Å². The molecule has 26 heavy (non-hydrogen) atoms. The molecule has 1 aliphatic rings. The van der Waals surface area contributed by atoms with Gasteiger partial charge < -0.3 is 9.64 Å². The number of likely N-dealkylation sites (tertiary alicyclic amines) is 1. The number of carbonyl (C=O) groups is 1. The first-order valence-corrected chi connectivity index (χ1v) is 9.47. The Morgan fingerprint density at radius 1 is 1.15 bits per heavy atom. The normalized spacial score (nSPS) is 17.1. The lowest BCUT2D eigenvalue weighted by atomic mass is 9.94. The zero-order chi connectivity index (χ0) is 17.8. The molecule has 0 spiro atoms. The summed E-state index contributed by atoms with van der Waals surface area (Å²) >= 11 is 1.43. The summed E-state index contributed by atoms with van der Waals surface area (Å²) in [5.74, 6) is 1.30. The highest BCUT2D eigenvalue weighted by Crippen LogP contribution is 2.32. The maximum atomic E-state index is 12.6. The van der Waals surface area contributed by atoms with Crippen LogP contribution in [0.1, 0.15) is 34.9 Å². The van der Waals surface area contributed by atoms with Crippen molar-refractivity contribution in [1.82, 2.24) is 19.9 Å². The summed E-state index contributed by atoms with van der Waals surface area (Å²) < 4.78 is 5.94. The van der Waals surface area contributed by atoms with Gasteiger partial charge >= 0.3 is 0 Å². The first-order chi connectivity index (χ1) is 12.8. The molecule has 0 N–H and O–H groups in total. The topological polar surface area (TPSA) is 68.2 Å². The monoisotopic (exact) mass is 366 g/mol. The van der Waals surface area contributed by atoms with Gasteiger partial charge in [-0.15, -0.1) is 11.3 Å². The number of thiazole rings is 1. The molecule has 0 aliphatic carbocycles. The van der Waals surface area contributed by atoms with E-state index in [1.807, 2.05) is 35.2 Å². The fourth-order valence-electron chi connectivity index (χ4n) is 3.16. The summed E-state index contributed by atoms with van der Waals surface area (Å²) in [6, 6.07) is 9.54. The molecule has 1 fully saturated rings. The van der Waals surface area contributed by atoms with Crippen molar-refractivity contribution in [2.24, 2.45) is 0 Å². The quantitative estimate of drug-likeness (QED) is 0.703. The fourth-order valence-corrected chi connectivity index (χ4v) is 3.69. The summed E-state index contributed by atoms with van der Waals surface area (Å²) in [5, 5.41) is 1.79. The third kappa shape index (κ3) is 3.57. The number of nitrogens with zero attached hydrogens (tertiary/aromatic N) is 4. The van der Waals surface area contributed by atoms with Gasteiger partial charge in [-0.1, -0.05) is 18.2 Å². The van der Waals surface area contributed by atoms with E-state index in [9.17, 15) is 4.79 Å². The smallest absolute Gasteiger partial charge is 0.273 e. The first-order valence-electron chi connectivity index (χ1n) is 8.52. The Balaban J connectivity index is 1.54. The molecule has 6 nitrogen and oxygen atoms in total. The van der Waals surface area contributed by atoms with E-state index in [-0.39, 0.29) is 11.8 Å². The number of amides is 1. The number of aromatic nitrogens is 3. The van der Waals surface area contributed by atoms with Gasteiger partial charge in [-0.3, -0.25) is 9.78 Å². The molecule has 3 heterocycles. The van der Waals surface area contributed by atoms with Crippen molar-refractivity contribution in [3.05, 3.63) is 65.0 Å². The molecule has 3 aromatic rings. The number of rotatable bonds is 4. The highest BCUT2D eigenvalue weighted by molar-refractivity contribution is 7.07. The Kier molecular flexibility index (Phi) is 4.88. The van der Waals surface area contributed by atoms with E-state index >= 15 is 0 Å². The average Bonchev–Trinajstić information content (AvgIpc) is 3.24. The van der Waals surface area contributed by atoms with Crippen LogP contribution in [-0.4, -0.2) is 38.8 Å². The molecule has 7 heteroatoms. The van der Waals surface area contributed by atoms with E-state index in [2.05, 4.69) is 15.0 Å². The predicted molar refractivity (Wildman–Crippen MR) is 98.5 cm³/mol. The van der Waals surface area contributed by atoms with Crippen molar-refractivity contribution >= 4 is 17.2 Å². The van der Waals surface area contributed by atoms with Crippen LogP contribution in [-0.2, 0) is 0 Å². The second kappa shape index (κ2) is 7.61. The predicted octanol–water partition coefficient (Wildman–Crippen LogP) is 3.75. The number of hydrogen-bond donors (Lipinski definition) is 0. The summed E-state index contributed by atoms with van der Waals surface area (Å²) in [4.78, 5) is 27.5. The Hall–Kier alpha value is -2.80. The van der Waals surface area contributed by atoms with Gasteiger partial charge in [0.2, 0.25) is 5.88 Å². The molecule has 1 saturated heterocycles. The molecule has 2 aromatic heterocycles. The van der Waals surface area contributed by atoms with E-state index in [1.54, 1.807) is 23.3 Å². The van der Waals surface area contributed by atoms with Crippen LogP contribution in [0, 0.1) is 0 Å². The van der Waals surface area contributed by atoms with Gasteiger partial charge in [-0.25, -0.2) is 9.97 Å². The van der Waals surface area contributed by atoms with Crippen LogP contribution in [0.3, 0.4) is 0 Å². The number of carbonyl (C=O) groups excluding carboxylic acids is 1. The fraction of sp³-hybridized carbons (Fsp3) is 0.263. The molecular formula is C19H18N4O2S. The second-order valence-corrected chi connectivity index (χ2v) is 6.84. The van der Waals surface area contributed by atoms with Crippen LogP contribution in [0.15, 0.2) is 53.6 Å². The molecular weight excluding hydrogens is 348 g/mol. The van der Waals surface area contributed by atoms with E-state index in [0.29, 0.717) is 18.1 Å². The van der Waals surface area contributed by atoms with Gasteiger partial charge in [-0.2, -0.15) is 0 Å². The zero-order valence-corrected chi connectivity index (χ0v) is 14.9. The number of para-hydroxylation sites is 1. The highest BCUT2D eigenvalue weighted by atomic mass is 32.1. The summed E-state index contributed by atoms with van der Waals surface area (Å²) in [6.45, 7) is 1.34. The third-order valence-corrected chi connectivity index (χ3v) is 4.98. The summed E-state index contributed by atoms with van der Waals surface area (Å²) in [7, 11) is 0. The minimum Gasteiger partial charge on any atom is -0.437 e. The standard InChI is InChI=1S/C19H18N4O2S/c24-19(16-12-26-13-22-16)23-10-4-5-14(11-23)17-18(21-9-8-20-17)25-15-6-2-1-3-7-15/h1-3,6-9,12-14H,4-5,10-11H2. The van der Waals surface area contributed by atoms with Gasteiger partial charge in [0.1, 0.15) is 17.1 Å². The highest BCUT2D eigenvalue weighted by Gasteiger charge is 2.29. The van der Waals surface area contributed by atoms with Crippen molar-refractivity contribution in [3.8, 4) is 11.6 Å². The minimum atomic E-state index is -0.0228. The van der Waals surface area contributed by atoms with E-state index in [1.165, 1.54) is 11.3 Å². The Bertz CT molecular complexity index is 870. The Morgan fingerprint density at radius 2 is 2.00 bits per heavy atom. The average molecular weight is 366 g/mol. The SMILES string of the molecule is O=C(c1cscn1)N1CCCC(c2nccnc2Oc2ccccc2)C1. The zero-order valence-electron chi connectivity index (χ0n) is 14.1. The molecule has 0 radical (unpaired) electrons. The van der Waals surface area contributed by atoms with Crippen LogP contribution in [0.5, 0.6) is 11.6 Å². The summed E-state index contributed by atoms with van der Waals surface area (Å²) in [6.07, 6.45) is 5.17. The largest absolute Gasteiger partial charge is 0.437 e. The number of hydrogen-bond acceptors (Lipinski definition) is 6. The molecule has 4 rings (SSSR count). The Labute approximate surface area is 155 Å². The van der Waals surface area contributed by atoms with Crippen molar-refractivity contribution in [2.45, 2.75) is 18.8 Å². The molecule has 0 bridgehead atoms. The second-order valence-electron chi connectivity index (χ2n) is 6.13. The molecule has 1 atom stereocenters. The molecule has 1 aliphatic heterocycles. The maximum Gasteiger partial charge on any atom is 0.273 e. The Morgan fingerprint density at radius 3 is 2.81 bits per heavy atom. The lowest BCUT2D eigenvalue weighted by Crippen LogP contribution is -2.39. The van der Waals surface area contributed by atoms with Crippen LogP contribution < -0.4 is 4.74 Å². The lowest BCUT2D eigenvalue weighted by molar-refractivity contribution is 0.0699. The molecule has 1 unspecified atom stereocenters. The van der Waals surface area contributed by atoms with Gasteiger partial charge in [-0.05, 0) is 25.0 Å². The molecule has 1 aromatic carbocycles. The van der Waals surface area contributed by atoms with Gasteiger partial charge in [0, 0.05) is 36.8 Å². The van der Waals surface area contributed by atoms with Gasteiger partial charge in [0.25, 0.3) is 5.91 Å². The molecule has 132 valence electrons. The van der Waals surface area contributed by atoms with Crippen LogP contribution >= 0.6 is 11.3 Å². The number of piperidine rings is 1. The molecule has 1 amide bonds. The maximum absolute atomic E-state index is 12.6. The van der Waals surface area contributed by atoms with E-state index in [4.69, 9.17) is 4.74 Å². The van der Waals surface area contributed by atoms with E-state index < -0.39 is 0 Å². The first kappa shape index (κ1) is 16.7. The van der Waals surface area contributed by atoms with Crippen LogP contribution in [0.4, 0.5) is 0 Å². The minimum absolute atomic E-state index is 0.0228. The van der Waals surface area contributed by atoms with Crippen LogP contribution in [0.2, 0.25) is 0 Å². The van der Waals surface area contributed by atoms with Crippen molar-refractivity contribution in [2.75, 3.05) is 13.1 Å². The van der Waals surface area contributed by atoms with Gasteiger partial charge in [0.05, 0.1) is 5.51 Å². The van der Waals surface area contributed by atoms with Crippen molar-refractivity contribution < 1.29 is 9.53 Å². The molecule has 0 saturated carbocycles.